The zero-order valence-electron chi connectivity index (χ0n) is 15.6. The molecule has 0 saturated heterocycles. The van der Waals surface area contributed by atoms with Crippen LogP contribution in [0.25, 0.3) is 6.08 Å². The van der Waals surface area contributed by atoms with E-state index < -0.39 is 0 Å². The number of hydrogen-bond acceptors (Lipinski definition) is 0. The highest BCUT2D eigenvalue weighted by atomic mass is 15.4. The Bertz CT molecular complexity index is 430. The fourth-order valence-corrected chi connectivity index (χ4v) is 3.95. The van der Waals surface area contributed by atoms with Crippen LogP contribution >= 0.6 is 0 Å². The van der Waals surface area contributed by atoms with Crippen LogP contribution in [-0.2, 0) is 6.54 Å². The molecule has 1 aromatic rings. The van der Waals surface area contributed by atoms with Gasteiger partial charge in [0.15, 0.2) is 0 Å². The highest BCUT2D eigenvalue weighted by Gasteiger charge is 2.31. The Morgan fingerprint density at radius 3 is 1.82 bits per heavy atom. The molecule has 1 aromatic carbocycles. The minimum atomic E-state index is 0.722. The molecule has 0 N–H and O–H groups in total. The molecule has 0 radical (unpaired) electrons. The van der Waals surface area contributed by atoms with Crippen molar-refractivity contribution in [2.45, 2.75) is 48.1 Å². The van der Waals surface area contributed by atoms with Crippen LogP contribution in [0.15, 0.2) is 30.8 Å². The van der Waals surface area contributed by atoms with Gasteiger partial charge in [0.05, 0.1) is 19.6 Å². The van der Waals surface area contributed by atoms with Crippen LogP contribution in [0, 0.1) is 17.8 Å². The van der Waals surface area contributed by atoms with Gasteiger partial charge in [-0.25, -0.2) is 0 Å². The lowest BCUT2D eigenvalue weighted by Gasteiger charge is -2.43. The van der Waals surface area contributed by atoms with Gasteiger partial charge in [-0.2, -0.15) is 0 Å². The number of quaternary nitrogens is 1. The molecule has 0 amide bonds. The molecule has 0 aromatic heterocycles. The molecule has 0 atom stereocenters. The first-order valence-corrected chi connectivity index (χ1v) is 8.83. The van der Waals surface area contributed by atoms with E-state index in [-0.39, 0.29) is 0 Å². The Morgan fingerprint density at radius 2 is 1.41 bits per heavy atom. The molecule has 0 heterocycles. The van der Waals surface area contributed by atoms with Crippen LogP contribution in [0.3, 0.4) is 0 Å². The largest absolute Gasteiger partial charge is 0.319 e. The zero-order chi connectivity index (χ0) is 16.8. The van der Waals surface area contributed by atoms with Gasteiger partial charge in [-0.3, -0.25) is 0 Å². The summed E-state index contributed by atoms with van der Waals surface area (Å²) in [6, 6.07) is 8.89. The number of hydrogen-bond donors (Lipinski definition) is 0. The van der Waals surface area contributed by atoms with Crippen molar-refractivity contribution in [2.75, 3.05) is 19.6 Å². The topological polar surface area (TPSA) is 0 Å². The molecule has 1 rings (SSSR count). The molecule has 0 aliphatic rings. The highest BCUT2D eigenvalue weighted by molar-refractivity contribution is 5.47. The van der Waals surface area contributed by atoms with E-state index >= 15 is 0 Å². The SMILES string of the molecule is C=Cc1cccc(C[N+](CC(C)C)(CC(C)C)CC(C)C)c1. The Labute approximate surface area is 138 Å². The fraction of sp³-hybridized carbons (Fsp3) is 0.619. The molecule has 124 valence electrons. The number of rotatable bonds is 9. The molecule has 1 nitrogen and oxygen atoms in total. The van der Waals surface area contributed by atoms with E-state index in [4.69, 9.17) is 0 Å². The van der Waals surface area contributed by atoms with Crippen molar-refractivity contribution < 1.29 is 4.48 Å². The third-order valence-corrected chi connectivity index (χ3v) is 3.96. The zero-order valence-corrected chi connectivity index (χ0v) is 15.6. The molecule has 0 bridgehead atoms. The van der Waals surface area contributed by atoms with Gasteiger partial charge < -0.3 is 4.48 Å². The van der Waals surface area contributed by atoms with Crippen LogP contribution in [0.5, 0.6) is 0 Å². The van der Waals surface area contributed by atoms with Crippen molar-refractivity contribution in [3.05, 3.63) is 42.0 Å². The fourth-order valence-electron chi connectivity index (χ4n) is 3.95. The second kappa shape index (κ2) is 8.53. The van der Waals surface area contributed by atoms with Crippen molar-refractivity contribution in [3.8, 4) is 0 Å². The summed E-state index contributed by atoms with van der Waals surface area (Å²) >= 11 is 0. The van der Waals surface area contributed by atoms with Crippen molar-refractivity contribution >= 4 is 6.08 Å². The van der Waals surface area contributed by atoms with Gasteiger partial charge in [-0.15, -0.1) is 0 Å². The first-order valence-electron chi connectivity index (χ1n) is 8.83. The van der Waals surface area contributed by atoms with E-state index in [0.717, 1.165) is 24.3 Å². The van der Waals surface area contributed by atoms with Crippen molar-refractivity contribution in [2.24, 2.45) is 17.8 Å². The molecule has 0 spiro atoms. The Kier molecular flexibility index (Phi) is 7.35. The Hall–Kier alpha value is -1.08. The van der Waals surface area contributed by atoms with Crippen LogP contribution in [0.2, 0.25) is 0 Å². The van der Waals surface area contributed by atoms with E-state index in [0.29, 0.717) is 0 Å². The highest BCUT2D eigenvalue weighted by Crippen LogP contribution is 2.23. The van der Waals surface area contributed by atoms with Crippen molar-refractivity contribution in [3.63, 3.8) is 0 Å². The molecular formula is C21H36N+. The van der Waals surface area contributed by atoms with E-state index in [1.54, 1.807) is 0 Å². The Morgan fingerprint density at radius 1 is 0.909 bits per heavy atom. The summed E-state index contributed by atoms with van der Waals surface area (Å²) in [6.45, 7) is 22.9. The summed E-state index contributed by atoms with van der Waals surface area (Å²) < 4.78 is 1.20. The minimum absolute atomic E-state index is 0.722. The van der Waals surface area contributed by atoms with E-state index in [1.165, 1.54) is 35.2 Å². The minimum Gasteiger partial charge on any atom is -0.319 e. The molecule has 0 aliphatic heterocycles. The first-order chi connectivity index (χ1) is 10.3. The summed E-state index contributed by atoms with van der Waals surface area (Å²) in [7, 11) is 0. The summed E-state index contributed by atoms with van der Waals surface area (Å²) in [4.78, 5) is 0. The molecular weight excluding hydrogens is 266 g/mol. The summed E-state index contributed by atoms with van der Waals surface area (Å²) in [5.41, 5.74) is 2.67. The lowest BCUT2D eigenvalue weighted by Crippen LogP contribution is -2.53. The monoisotopic (exact) mass is 302 g/mol. The molecule has 0 fully saturated rings. The number of nitrogens with zero attached hydrogens (tertiary/aromatic N) is 1. The molecule has 22 heavy (non-hydrogen) atoms. The maximum Gasteiger partial charge on any atom is 0.104 e. The third kappa shape index (κ3) is 6.36. The molecule has 0 saturated carbocycles. The predicted molar refractivity (Wildman–Crippen MR) is 99.6 cm³/mol. The van der Waals surface area contributed by atoms with Crippen molar-refractivity contribution in [1.82, 2.24) is 0 Å². The van der Waals surface area contributed by atoms with E-state index in [1.807, 2.05) is 6.08 Å². The average Bonchev–Trinajstić information content (AvgIpc) is 2.35. The quantitative estimate of drug-likeness (QED) is 0.520. The van der Waals surface area contributed by atoms with Crippen LogP contribution in [0.1, 0.15) is 52.7 Å². The smallest absolute Gasteiger partial charge is 0.104 e. The van der Waals surface area contributed by atoms with E-state index in [2.05, 4.69) is 72.4 Å². The average molecular weight is 303 g/mol. The second-order valence-corrected chi connectivity index (χ2v) is 8.18. The lowest BCUT2D eigenvalue weighted by molar-refractivity contribution is -0.948. The summed E-state index contributed by atoms with van der Waals surface area (Å²) in [5.74, 6) is 2.17. The molecule has 0 unspecified atom stereocenters. The van der Waals surface area contributed by atoms with Crippen LogP contribution in [0.4, 0.5) is 0 Å². The maximum absolute atomic E-state index is 3.91. The summed E-state index contributed by atoms with van der Waals surface area (Å²) in [6.07, 6.45) is 1.95. The van der Waals surface area contributed by atoms with Gasteiger partial charge >= 0.3 is 0 Å². The Balaban J connectivity index is 3.11. The van der Waals surface area contributed by atoms with Gasteiger partial charge in [0.1, 0.15) is 6.54 Å². The standard InChI is InChI=1S/C21H36N/c1-8-20-10-9-11-21(12-20)16-22(13-17(2)3,14-18(4)5)15-19(6)7/h8-12,17-19H,1,13-16H2,2-7H3/q+1. The summed E-state index contributed by atoms with van der Waals surface area (Å²) in [5, 5.41) is 0. The van der Waals surface area contributed by atoms with E-state index in [9.17, 15) is 0 Å². The van der Waals surface area contributed by atoms with Gasteiger partial charge in [0, 0.05) is 23.3 Å². The van der Waals surface area contributed by atoms with Crippen LogP contribution < -0.4 is 0 Å². The predicted octanol–water partition coefficient (Wildman–Crippen LogP) is 5.61. The van der Waals surface area contributed by atoms with Gasteiger partial charge in [-0.1, -0.05) is 72.4 Å². The van der Waals surface area contributed by atoms with Gasteiger partial charge in [0.2, 0.25) is 0 Å². The normalized spacial score (nSPS) is 12.4. The molecule has 1 heteroatoms. The second-order valence-electron chi connectivity index (χ2n) is 8.18. The first kappa shape index (κ1) is 19.0. The van der Waals surface area contributed by atoms with Gasteiger partial charge in [-0.05, 0) is 11.6 Å². The lowest BCUT2D eigenvalue weighted by atomic mass is 10.0. The maximum atomic E-state index is 3.91. The van der Waals surface area contributed by atoms with Crippen LogP contribution in [-0.4, -0.2) is 24.1 Å². The number of benzene rings is 1. The van der Waals surface area contributed by atoms with Gasteiger partial charge in [0.25, 0.3) is 0 Å². The molecule has 0 aliphatic carbocycles. The third-order valence-electron chi connectivity index (χ3n) is 3.96. The van der Waals surface area contributed by atoms with Crippen molar-refractivity contribution in [1.29, 1.82) is 0 Å².